The molecule has 2 N–H and O–H groups in total. The molecule has 0 aliphatic heterocycles. The first-order chi connectivity index (χ1) is 10.9. The van der Waals surface area contributed by atoms with Crippen molar-refractivity contribution in [3.63, 3.8) is 0 Å². The monoisotopic (exact) mass is 458 g/mol. The van der Waals surface area contributed by atoms with Crippen LogP contribution in [0.2, 0.25) is 10.0 Å². The molecule has 132 valence electrons. The van der Waals surface area contributed by atoms with Crippen molar-refractivity contribution < 1.29 is 92.7 Å². The molecule has 0 aliphatic rings. The van der Waals surface area contributed by atoms with Gasteiger partial charge in [-0.3, -0.25) is 13.9 Å². The third-order valence-electron chi connectivity index (χ3n) is 2.94. The van der Waals surface area contributed by atoms with E-state index in [0.29, 0.717) is 0 Å². The van der Waals surface area contributed by atoms with E-state index in [-0.39, 0.29) is 83.1 Å². The van der Waals surface area contributed by atoms with Crippen LogP contribution in [0.5, 0.6) is 0 Å². The molecule has 2 rings (SSSR count). The van der Waals surface area contributed by atoms with Gasteiger partial charge >= 0.3 is 59.1 Å². The van der Waals surface area contributed by atoms with Crippen molar-refractivity contribution in [1.29, 1.82) is 0 Å². The molecule has 2 aromatic rings. The van der Waals surface area contributed by atoms with Crippen molar-refractivity contribution >= 4 is 49.2 Å². The quantitative estimate of drug-likeness (QED) is 0.283. The summed E-state index contributed by atoms with van der Waals surface area (Å²) < 4.78 is 63.1. The molecule has 0 bridgehead atoms. The Morgan fingerprint density at radius 1 is 0.769 bits per heavy atom. The van der Waals surface area contributed by atoms with Crippen molar-refractivity contribution in [2.75, 3.05) is 0 Å². The van der Waals surface area contributed by atoms with Gasteiger partial charge in [0.1, 0.15) is 9.79 Å². The van der Waals surface area contributed by atoms with Crippen LogP contribution in [-0.2, 0) is 20.2 Å². The second kappa shape index (κ2) is 9.82. The first kappa shape index (κ1) is 26.5. The number of rotatable bonds is 4. The Kier molecular flexibility index (Phi) is 10.0. The summed E-state index contributed by atoms with van der Waals surface area (Å²) in [5, 5.41) is -0.576. The Labute approximate surface area is 207 Å². The molecule has 0 fully saturated rings. The van der Waals surface area contributed by atoms with E-state index in [1.165, 1.54) is 12.1 Å². The van der Waals surface area contributed by atoms with E-state index in [2.05, 4.69) is 0 Å². The van der Waals surface area contributed by atoms with Gasteiger partial charge in [0.2, 0.25) is 0 Å². The fourth-order valence-electron chi connectivity index (χ4n) is 1.85. The number of hydrogen-bond acceptors (Lipinski definition) is 5. The zero-order chi connectivity index (χ0) is 18.3. The Hall–Kier alpha value is 0.510. The molecule has 0 radical (unpaired) electrons. The van der Waals surface area contributed by atoms with Crippen molar-refractivity contribution in [2.24, 2.45) is 0 Å². The van der Waals surface area contributed by atoms with Crippen LogP contribution in [0.1, 0.15) is 18.8 Å². The maximum atomic E-state index is 12.4. The third-order valence-corrected chi connectivity index (χ3v) is 5.61. The van der Waals surface area contributed by atoms with Crippen molar-refractivity contribution in [1.82, 2.24) is 0 Å². The van der Waals surface area contributed by atoms with Crippen LogP contribution < -0.4 is 59.1 Å². The Morgan fingerprint density at radius 3 is 1.35 bits per heavy atom. The van der Waals surface area contributed by atoms with Gasteiger partial charge in [0.25, 0.3) is 20.2 Å². The summed E-state index contributed by atoms with van der Waals surface area (Å²) >= 11 is 11.3. The van der Waals surface area contributed by atoms with E-state index in [4.69, 9.17) is 32.3 Å². The minimum Gasteiger partial charge on any atom is -1.00 e. The summed E-state index contributed by atoms with van der Waals surface area (Å²) in [7, 11) is -9.30. The fourth-order valence-corrected chi connectivity index (χ4v) is 3.85. The maximum Gasteiger partial charge on any atom is 1.00 e. The molecule has 0 saturated carbocycles. The summed E-state index contributed by atoms with van der Waals surface area (Å²) in [6, 6.07) is 6.28. The molecule has 13 heteroatoms. The average Bonchev–Trinajstić information content (AvgIpc) is 2.45. The summed E-state index contributed by atoms with van der Waals surface area (Å²) in [5.74, 6) is -0.766. The predicted molar refractivity (Wildman–Crippen MR) is 88.2 cm³/mol. The summed E-state index contributed by atoms with van der Waals surface area (Å²) in [5.41, 5.74) is -0.341. The van der Waals surface area contributed by atoms with Crippen LogP contribution in [0.3, 0.4) is 0 Å². The molecule has 0 heterocycles. The Morgan fingerprint density at radius 2 is 1.08 bits per heavy atom. The SMILES string of the molecule is O=C(c1ccc(Cl)c(S(=O)(=O)O)c1)c1ccc(Cl)c(S(=O)(=O)O)c1.[H-].[H-].[Na+].[Na+]. The minimum absolute atomic E-state index is 0. The largest absolute Gasteiger partial charge is 1.00 e. The number of carbonyl (C=O) groups is 1. The summed E-state index contributed by atoms with van der Waals surface area (Å²) in [6.45, 7) is 0. The van der Waals surface area contributed by atoms with E-state index in [9.17, 15) is 21.6 Å². The standard InChI is InChI=1S/C13H8Cl2O7S2.2Na.2H/c14-9-3-1-7(5-11(9)23(17,18)19)13(16)8-2-4-10(15)12(6-8)24(20,21)22;;;;/h1-6H,(H,17,18,19)(H,20,21,22);;;;/q;2*+1;2*-1. The molecule has 0 aromatic heterocycles. The average molecular weight is 459 g/mol. The molecular weight excluding hydrogens is 449 g/mol. The third kappa shape index (κ3) is 6.26. The van der Waals surface area contributed by atoms with Crippen LogP contribution in [0.15, 0.2) is 46.2 Å². The van der Waals surface area contributed by atoms with Gasteiger partial charge in [0, 0.05) is 11.1 Å². The molecule has 0 saturated heterocycles. The molecule has 7 nitrogen and oxygen atoms in total. The molecule has 0 unspecified atom stereocenters. The molecule has 0 spiro atoms. The Bertz CT molecular complexity index is 981. The van der Waals surface area contributed by atoms with Gasteiger partial charge in [0.15, 0.2) is 5.78 Å². The Balaban J connectivity index is -0.00000156. The second-order valence-corrected chi connectivity index (χ2v) is 8.16. The number of carbonyl (C=O) groups excluding carboxylic acids is 1. The van der Waals surface area contributed by atoms with Gasteiger partial charge in [-0.25, -0.2) is 0 Å². The molecular formula is C13H10Cl2Na2O7S2. The van der Waals surface area contributed by atoms with Gasteiger partial charge in [-0.2, -0.15) is 16.8 Å². The van der Waals surface area contributed by atoms with Gasteiger partial charge in [-0.15, -0.1) is 0 Å². The first-order valence-electron chi connectivity index (χ1n) is 6.00. The van der Waals surface area contributed by atoms with E-state index >= 15 is 0 Å². The molecule has 2 aromatic carbocycles. The molecule has 0 aliphatic carbocycles. The topological polar surface area (TPSA) is 126 Å². The van der Waals surface area contributed by atoms with Crippen molar-refractivity contribution in [3.05, 3.63) is 57.6 Å². The second-order valence-electron chi connectivity index (χ2n) is 4.57. The number of ketones is 1. The number of benzene rings is 2. The molecule has 0 amide bonds. The van der Waals surface area contributed by atoms with Crippen molar-refractivity contribution in [2.45, 2.75) is 9.79 Å². The molecule has 26 heavy (non-hydrogen) atoms. The van der Waals surface area contributed by atoms with Crippen LogP contribution >= 0.6 is 23.2 Å². The summed E-state index contributed by atoms with van der Waals surface area (Å²) in [4.78, 5) is 11.1. The predicted octanol–water partition coefficient (Wildman–Crippen LogP) is -3.05. The van der Waals surface area contributed by atoms with Gasteiger partial charge in [-0.05, 0) is 36.4 Å². The zero-order valence-electron chi connectivity index (χ0n) is 15.5. The fraction of sp³-hybridized carbons (Fsp3) is 0. The molecule has 0 atom stereocenters. The normalized spacial score (nSPS) is 11.2. The van der Waals surface area contributed by atoms with Crippen LogP contribution in [0.25, 0.3) is 0 Å². The van der Waals surface area contributed by atoms with Crippen LogP contribution in [0.4, 0.5) is 0 Å². The van der Waals surface area contributed by atoms with Crippen LogP contribution in [-0.4, -0.2) is 31.7 Å². The van der Waals surface area contributed by atoms with E-state index < -0.39 is 35.8 Å². The van der Waals surface area contributed by atoms with E-state index in [0.717, 1.165) is 24.3 Å². The smallest absolute Gasteiger partial charge is 1.00 e. The minimum atomic E-state index is -4.65. The zero-order valence-corrected chi connectivity index (χ0v) is 20.6. The number of hydrogen-bond donors (Lipinski definition) is 2. The number of halogens is 2. The van der Waals surface area contributed by atoms with Crippen molar-refractivity contribution in [3.8, 4) is 0 Å². The van der Waals surface area contributed by atoms with Gasteiger partial charge in [0.05, 0.1) is 10.0 Å². The van der Waals surface area contributed by atoms with E-state index in [1.54, 1.807) is 0 Å². The van der Waals surface area contributed by atoms with E-state index in [1.807, 2.05) is 0 Å². The first-order valence-corrected chi connectivity index (χ1v) is 9.63. The van der Waals surface area contributed by atoms with Gasteiger partial charge in [-0.1, -0.05) is 23.2 Å². The van der Waals surface area contributed by atoms with Crippen LogP contribution in [0, 0.1) is 0 Å². The van der Waals surface area contributed by atoms with Gasteiger partial charge < -0.3 is 2.85 Å². The maximum absolute atomic E-state index is 12.4. The summed E-state index contributed by atoms with van der Waals surface area (Å²) in [6.07, 6.45) is 0.